The van der Waals surface area contributed by atoms with Crippen molar-refractivity contribution in [2.45, 2.75) is 37.9 Å². The minimum absolute atomic E-state index is 0.234. The lowest BCUT2D eigenvalue weighted by Crippen LogP contribution is -2.44. The summed E-state index contributed by atoms with van der Waals surface area (Å²) < 4.78 is 7.15. The molecule has 1 unspecified atom stereocenters. The highest BCUT2D eigenvalue weighted by Gasteiger charge is 2.53. The van der Waals surface area contributed by atoms with Crippen molar-refractivity contribution in [3.63, 3.8) is 0 Å². The maximum absolute atomic E-state index is 10.6. The highest BCUT2D eigenvalue weighted by atomic mass is 16.6. The molecule has 0 bridgehead atoms. The molecule has 1 aliphatic rings. The van der Waals surface area contributed by atoms with E-state index >= 15 is 0 Å². The summed E-state index contributed by atoms with van der Waals surface area (Å²) in [6, 6.07) is 0. The van der Waals surface area contributed by atoms with Crippen LogP contribution in [0.1, 0.15) is 18.7 Å². The normalized spacial score (nSPS) is 31.8. The second-order valence-electron chi connectivity index (χ2n) is 5.63. The van der Waals surface area contributed by atoms with E-state index in [1.165, 1.54) is 13.3 Å². The van der Waals surface area contributed by atoms with Crippen molar-refractivity contribution in [3.05, 3.63) is 18.1 Å². The van der Waals surface area contributed by atoms with Crippen LogP contribution in [-0.2, 0) is 4.74 Å². The molecule has 9 heteroatoms. The number of hydrogen-bond donors (Lipinski definition) is 5. The van der Waals surface area contributed by atoms with Crippen LogP contribution in [0.3, 0.4) is 0 Å². The number of aliphatic hydroxyl groups is 3. The van der Waals surface area contributed by atoms with Crippen LogP contribution >= 0.6 is 0 Å². The molecule has 5 N–H and O–H groups in total. The van der Waals surface area contributed by atoms with E-state index in [1.54, 1.807) is 17.7 Å². The zero-order chi connectivity index (χ0) is 16.1. The highest BCUT2D eigenvalue weighted by Crippen LogP contribution is 2.40. The van der Waals surface area contributed by atoms with E-state index in [0.29, 0.717) is 11.0 Å². The Morgan fingerprint density at radius 3 is 2.77 bits per heavy atom. The quantitative estimate of drug-likeness (QED) is 0.481. The fraction of sp³-hybridized carbons (Fsp3) is 0.538. The zero-order valence-corrected chi connectivity index (χ0v) is 12.1. The third-order valence-corrected chi connectivity index (χ3v) is 4.09. The Kier molecular flexibility index (Phi) is 3.54. The van der Waals surface area contributed by atoms with Crippen LogP contribution in [0, 0.1) is 6.92 Å². The molecule has 0 amide bonds. The van der Waals surface area contributed by atoms with Gasteiger partial charge in [-0.05, 0) is 19.4 Å². The minimum Gasteiger partial charge on any atom is -0.394 e. The van der Waals surface area contributed by atoms with Gasteiger partial charge in [-0.3, -0.25) is 10.7 Å². The van der Waals surface area contributed by atoms with Gasteiger partial charge in [0.05, 0.1) is 12.0 Å². The molecule has 2 aromatic rings. The molecule has 1 fully saturated rings. The first-order chi connectivity index (χ1) is 10.4. The number of rotatable bonds is 3. The average Bonchev–Trinajstić information content (AvgIpc) is 2.95. The molecule has 2 aromatic heterocycles. The highest BCUT2D eigenvalue weighted by molar-refractivity contribution is 5.90. The maximum Gasteiger partial charge on any atom is 0.167 e. The average molecular weight is 310 g/mol. The first kappa shape index (κ1) is 15.1. The summed E-state index contributed by atoms with van der Waals surface area (Å²) in [5.41, 5.74) is 1.59. The van der Waals surface area contributed by atoms with Gasteiger partial charge in [0.25, 0.3) is 0 Å². The van der Waals surface area contributed by atoms with Gasteiger partial charge in [0, 0.05) is 6.20 Å². The van der Waals surface area contributed by atoms with E-state index in [0.717, 1.165) is 5.56 Å². The number of fused-ring (bicyclic) bond motifs is 1. The van der Waals surface area contributed by atoms with Crippen LogP contribution in [0.25, 0.3) is 11.0 Å². The van der Waals surface area contributed by atoms with Gasteiger partial charge in [-0.25, -0.2) is 9.97 Å². The summed E-state index contributed by atoms with van der Waals surface area (Å²) in [4.78, 5) is 8.09. The zero-order valence-electron chi connectivity index (χ0n) is 12.1. The number of aliphatic hydroxyl groups excluding tert-OH is 2. The first-order valence-electron chi connectivity index (χ1n) is 6.80. The molecule has 9 nitrogen and oxygen atoms in total. The van der Waals surface area contributed by atoms with Crippen LogP contribution in [0.4, 0.5) is 5.82 Å². The largest absolute Gasteiger partial charge is 0.394 e. The van der Waals surface area contributed by atoms with Gasteiger partial charge in [0.15, 0.2) is 12.0 Å². The van der Waals surface area contributed by atoms with Crippen LogP contribution in [0.5, 0.6) is 0 Å². The van der Waals surface area contributed by atoms with Crippen molar-refractivity contribution < 1.29 is 25.3 Å². The lowest BCUT2D eigenvalue weighted by Gasteiger charge is -2.27. The molecule has 3 heterocycles. The summed E-state index contributed by atoms with van der Waals surface area (Å²) in [5, 5.41) is 39.6. The van der Waals surface area contributed by atoms with Crippen LogP contribution < -0.4 is 5.48 Å². The Morgan fingerprint density at radius 1 is 1.45 bits per heavy atom. The Labute approximate surface area is 125 Å². The lowest BCUT2D eigenvalue weighted by molar-refractivity contribution is -0.0948. The molecule has 1 saturated heterocycles. The molecule has 0 aliphatic carbocycles. The van der Waals surface area contributed by atoms with Gasteiger partial charge in [0.1, 0.15) is 29.8 Å². The number of aromatic nitrogens is 3. The van der Waals surface area contributed by atoms with E-state index in [2.05, 4.69) is 9.97 Å². The van der Waals surface area contributed by atoms with Gasteiger partial charge in [-0.15, -0.1) is 0 Å². The van der Waals surface area contributed by atoms with Gasteiger partial charge >= 0.3 is 0 Å². The summed E-state index contributed by atoms with van der Waals surface area (Å²) in [6.07, 6.45) is -0.114. The molecular weight excluding hydrogens is 292 g/mol. The predicted molar refractivity (Wildman–Crippen MR) is 75.3 cm³/mol. The Morgan fingerprint density at radius 2 is 2.18 bits per heavy atom. The van der Waals surface area contributed by atoms with E-state index in [1.807, 2.05) is 5.48 Å². The van der Waals surface area contributed by atoms with Gasteiger partial charge < -0.3 is 24.6 Å². The van der Waals surface area contributed by atoms with Gasteiger partial charge in [-0.1, -0.05) is 0 Å². The van der Waals surface area contributed by atoms with Crippen molar-refractivity contribution >= 4 is 16.9 Å². The van der Waals surface area contributed by atoms with Gasteiger partial charge in [-0.2, -0.15) is 0 Å². The van der Waals surface area contributed by atoms with E-state index in [4.69, 9.17) is 9.94 Å². The van der Waals surface area contributed by atoms with Crippen molar-refractivity contribution in [1.82, 2.24) is 14.5 Å². The van der Waals surface area contributed by atoms with E-state index in [-0.39, 0.29) is 5.82 Å². The van der Waals surface area contributed by atoms with Crippen molar-refractivity contribution in [2.75, 3.05) is 12.1 Å². The fourth-order valence-electron chi connectivity index (χ4n) is 2.92. The fourth-order valence-corrected chi connectivity index (χ4v) is 2.92. The van der Waals surface area contributed by atoms with Crippen molar-refractivity contribution in [2.24, 2.45) is 0 Å². The standard InChI is InChI=1S/C13H18N4O5/c1-6-3-17(11-8(6)10(16-21)14-5-15-11)12-13(2,20)9(19)7(4-18)22-12/h3,5,7,9,12,18-21H,4H2,1-2H3,(H,14,15,16)/t7-,9-,12?,13-/m1/s1. The number of ether oxygens (including phenoxy) is 1. The molecule has 22 heavy (non-hydrogen) atoms. The molecule has 0 saturated carbocycles. The van der Waals surface area contributed by atoms with Crippen LogP contribution in [0.2, 0.25) is 0 Å². The molecule has 120 valence electrons. The smallest absolute Gasteiger partial charge is 0.167 e. The maximum atomic E-state index is 10.6. The molecule has 0 spiro atoms. The Bertz CT molecular complexity index is 701. The van der Waals surface area contributed by atoms with E-state index < -0.39 is 30.6 Å². The number of hydrogen-bond acceptors (Lipinski definition) is 8. The first-order valence-corrected chi connectivity index (χ1v) is 6.80. The second-order valence-corrected chi connectivity index (χ2v) is 5.63. The summed E-state index contributed by atoms with van der Waals surface area (Å²) in [6.45, 7) is 2.82. The lowest BCUT2D eigenvalue weighted by atomic mass is 9.96. The number of nitrogens with one attached hydrogen (secondary N) is 1. The molecule has 0 aromatic carbocycles. The monoisotopic (exact) mass is 310 g/mol. The number of aryl methyl sites for hydroxylation is 1. The number of anilines is 1. The second kappa shape index (κ2) is 5.14. The van der Waals surface area contributed by atoms with Crippen LogP contribution in [-0.4, -0.2) is 59.5 Å². The van der Waals surface area contributed by atoms with Crippen molar-refractivity contribution in [1.29, 1.82) is 0 Å². The number of nitrogens with zero attached hydrogens (tertiary/aromatic N) is 3. The summed E-state index contributed by atoms with van der Waals surface area (Å²) in [5.74, 6) is 0.234. The topological polar surface area (TPSA) is 133 Å². The minimum atomic E-state index is -1.61. The SMILES string of the molecule is Cc1cn(C2O[C@H](CO)[C@@H](O)[C@@]2(C)O)c2ncnc(NO)c12. The van der Waals surface area contributed by atoms with E-state index in [9.17, 15) is 15.3 Å². The molecular formula is C13H18N4O5. The Balaban J connectivity index is 2.15. The molecule has 0 radical (unpaired) electrons. The molecule has 3 rings (SSSR count). The molecule has 1 aliphatic heterocycles. The predicted octanol–water partition coefficient (Wildman–Crippen LogP) is -0.458. The third-order valence-electron chi connectivity index (χ3n) is 4.09. The van der Waals surface area contributed by atoms with Gasteiger partial charge in [0.2, 0.25) is 0 Å². The van der Waals surface area contributed by atoms with Crippen molar-refractivity contribution in [3.8, 4) is 0 Å². The summed E-state index contributed by atoms with van der Waals surface area (Å²) in [7, 11) is 0. The molecule has 4 atom stereocenters. The Hall–Kier alpha value is -1.78. The third kappa shape index (κ3) is 1.98. The van der Waals surface area contributed by atoms with Crippen LogP contribution in [0.15, 0.2) is 12.5 Å². The summed E-state index contributed by atoms with van der Waals surface area (Å²) >= 11 is 0.